The van der Waals surface area contributed by atoms with Crippen LogP contribution in [0.5, 0.6) is 0 Å². The highest BCUT2D eigenvalue weighted by Gasteiger charge is 2.27. The number of carbonyl (C=O) groups is 3. The lowest BCUT2D eigenvalue weighted by atomic mass is 10.2. The molecule has 1 aromatic carbocycles. The van der Waals surface area contributed by atoms with E-state index in [0.29, 0.717) is 10.5 Å². The van der Waals surface area contributed by atoms with Crippen molar-refractivity contribution >= 4 is 23.9 Å². The van der Waals surface area contributed by atoms with E-state index in [0.717, 1.165) is 21.1 Å². The maximum absolute atomic E-state index is 11.7. The summed E-state index contributed by atoms with van der Waals surface area (Å²) < 4.78 is 8.95. The van der Waals surface area contributed by atoms with Crippen molar-refractivity contribution < 1.29 is 23.9 Å². The van der Waals surface area contributed by atoms with Crippen LogP contribution in [0.1, 0.15) is 12.5 Å². The van der Waals surface area contributed by atoms with Gasteiger partial charge in [0.1, 0.15) is 0 Å². The highest BCUT2D eigenvalue weighted by molar-refractivity contribution is 6.18. The molecule has 0 spiro atoms. The number of benzene rings is 1. The summed E-state index contributed by atoms with van der Waals surface area (Å²) in [5.41, 5.74) is 0.401. The molecule has 0 N–H and O–H groups in total. The first-order valence-electron chi connectivity index (χ1n) is 5.62. The van der Waals surface area contributed by atoms with Crippen molar-refractivity contribution in [1.82, 2.24) is 4.90 Å². The first-order valence-corrected chi connectivity index (χ1v) is 5.62. The Balaban J connectivity index is 3.36. The molecule has 0 bridgehead atoms. The zero-order valence-corrected chi connectivity index (χ0v) is 11.3. The van der Waals surface area contributed by atoms with Gasteiger partial charge in [-0.1, -0.05) is 30.3 Å². The molecule has 0 saturated carbocycles. The van der Waals surface area contributed by atoms with Gasteiger partial charge in [-0.2, -0.15) is 9.89 Å². The number of imide groups is 1. The van der Waals surface area contributed by atoms with E-state index in [4.69, 9.17) is 0 Å². The van der Waals surface area contributed by atoms with E-state index in [9.17, 15) is 14.4 Å². The van der Waals surface area contributed by atoms with Crippen LogP contribution < -0.4 is 0 Å². The molecule has 7 heteroatoms. The minimum Gasteiger partial charge on any atom is -0.452 e. The van der Waals surface area contributed by atoms with Crippen molar-refractivity contribution in [3.63, 3.8) is 0 Å². The van der Waals surface area contributed by atoms with Gasteiger partial charge in [0.2, 0.25) is 5.91 Å². The lowest BCUT2D eigenvalue weighted by Gasteiger charge is -2.19. The van der Waals surface area contributed by atoms with Crippen LogP contribution in [0, 0.1) is 0 Å². The molecule has 106 valence electrons. The minimum atomic E-state index is -0.941. The fourth-order valence-electron chi connectivity index (χ4n) is 1.42. The van der Waals surface area contributed by atoms with Gasteiger partial charge < -0.3 is 9.47 Å². The third-order valence-corrected chi connectivity index (χ3v) is 2.29. The number of ether oxygens (including phenoxy) is 2. The van der Waals surface area contributed by atoms with Crippen molar-refractivity contribution in [2.45, 2.75) is 6.92 Å². The van der Waals surface area contributed by atoms with Crippen LogP contribution in [0.2, 0.25) is 0 Å². The molecule has 0 aromatic heterocycles. The van der Waals surface area contributed by atoms with E-state index >= 15 is 0 Å². The van der Waals surface area contributed by atoms with Gasteiger partial charge in [-0.05, 0) is 0 Å². The fraction of sp³-hybridized carbons (Fsp3) is 0.231. The molecule has 7 nitrogen and oxygen atoms in total. The fourth-order valence-corrected chi connectivity index (χ4v) is 1.42. The van der Waals surface area contributed by atoms with Crippen LogP contribution in [-0.2, 0) is 14.3 Å². The lowest BCUT2D eigenvalue weighted by molar-refractivity contribution is -0.123. The van der Waals surface area contributed by atoms with E-state index in [-0.39, 0.29) is 5.84 Å². The monoisotopic (exact) mass is 278 g/mol. The van der Waals surface area contributed by atoms with Crippen LogP contribution in [0.15, 0.2) is 35.3 Å². The Hall–Kier alpha value is -2.70. The largest absolute Gasteiger partial charge is 0.452 e. The number of carbonyl (C=O) groups excluding carboxylic acids is 3. The number of rotatable bonds is 1. The molecule has 0 aliphatic carbocycles. The average molecular weight is 278 g/mol. The van der Waals surface area contributed by atoms with Gasteiger partial charge in [-0.15, -0.1) is 0 Å². The third-order valence-electron chi connectivity index (χ3n) is 2.29. The van der Waals surface area contributed by atoms with Gasteiger partial charge in [0, 0.05) is 12.5 Å². The van der Waals surface area contributed by atoms with Gasteiger partial charge in [0.25, 0.3) is 0 Å². The Kier molecular flexibility index (Phi) is 5.40. The molecule has 1 rings (SSSR count). The predicted molar refractivity (Wildman–Crippen MR) is 70.3 cm³/mol. The topological polar surface area (TPSA) is 85.3 Å². The van der Waals surface area contributed by atoms with Crippen molar-refractivity contribution in [3.8, 4) is 0 Å². The maximum atomic E-state index is 11.7. The first-order chi connectivity index (χ1) is 9.51. The number of hydrogen-bond acceptors (Lipinski definition) is 5. The summed E-state index contributed by atoms with van der Waals surface area (Å²) >= 11 is 0. The second-order valence-electron chi connectivity index (χ2n) is 3.60. The number of hydrogen-bond donors (Lipinski definition) is 0. The SMILES string of the molecule is COC(=O)/N=C(\c1ccccc1)N(C(C)=O)C(=O)OC. The number of nitrogens with zero attached hydrogens (tertiary/aromatic N) is 2. The Morgan fingerprint density at radius 1 is 1.05 bits per heavy atom. The molecule has 0 aliphatic heterocycles. The van der Waals surface area contributed by atoms with Crippen LogP contribution in [0.25, 0.3) is 0 Å². The van der Waals surface area contributed by atoms with Gasteiger partial charge in [0.15, 0.2) is 5.84 Å². The molecule has 0 unspecified atom stereocenters. The summed E-state index contributed by atoms with van der Waals surface area (Å²) in [4.78, 5) is 38.9. The van der Waals surface area contributed by atoms with Crippen molar-refractivity contribution in [2.75, 3.05) is 14.2 Å². The predicted octanol–water partition coefficient (Wildman–Crippen LogP) is 1.81. The maximum Gasteiger partial charge on any atom is 0.435 e. The standard InChI is InChI=1S/C13H14N2O5/c1-9(16)15(13(18)20-3)11(14-12(17)19-2)10-7-5-4-6-8-10/h4-8H,1-3H3/b14-11+. The normalized spacial score (nSPS) is 10.7. The summed E-state index contributed by atoms with van der Waals surface area (Å²) in [6.45, 7) is 1.16. The van der Waals surface area contributed by atoms with E-state index in [1.54, 1.807) is 30.3 Å². The molecule has 0 heterocycles. The van der Waals surface area contributed by atoms with Gasteiger partial charge in [-0.25, -0.2) is 9.59 Å². The zero-order valence-electron chi connectivity index (χ0n) is 11.3. The molecular weight excluding hydrogens is 264 g/mol. The molecule has 1 aromatic rings. The summed E-state index contributed by atoms with van der Waals surface area (Å²) in [6, 6.07) is 8.30. The second-order valence-corrected chi connectivity index (χ2v) is 3.60. The summed E-state index contributed by atoms with van der Waals surface area (Å²) in [5, 5.41) is 0. The molecule has 0 aliphatic rings. The smallest absolute Gasteiger partial charge is 0.435 e. The van der Waals surface area contributed by atoms with E-state index in [1.165, 1.54) is 0 Å². The number of methoxy groups -OCH3 is 2. The second kappa shape index (κ2) is 7.03. The zero-order chi connectivity index (χ0) is 15.1. The summed E-state index contributed by atoms with van der Waals surface area (Å²) in [7, 11) is 2.27. The molecule has 3 amide bonds. The number of amides is 3. The molecule has 0 radical (unpaired) electrons. The Morgan fingerprint density at radius 2 is 1.65 bits per heavy atom. The van der Waals surface area contributed by atoms with E-state index in [2.05, 4.69) is 14.5 Å². The van der Waals surface area contributed by atoms with Gasteiger partial charge in [-0.3, -0.25) is 4.79 Å². The molecular formula is C13H14N2O5. The highest BCUT2D eigenvalue weighted by Crippen LogP contribution is 2.09. The van der Waals surface area contributed by atoms with E-state index < -0.39 is 18.1 Å². The van der Waals surface area contributed by atoms with Crippen LogP contribution >= 0.6 is 0 Å². The number of aliphatic imine (C=N–C) groups is 1. The quantitative estimate of drug-likeness (QED) is 0.577. The molecule has 0 fully saturated rings. The molecule has 20 heavy (non-hydrogen) atoms. The van der Waals surface area contributed by atoms with E-state index in [1.807, 2.05) is 0 Å². The molecule has 0 saturated heterocycles. The third kappa shape index (κ3) is 3.64. The van der Waals surface area contributed by atoms with Crippen molar-refractivity contribution in [2.24, 2.45) is 4.99 Å². The lowest BCUT2D eigenvalue weighted by Crippen LogP contribution is -2.41. The Bertz CT molecular complexity index is 539. The summed E-state index contributed by atoms with van der Waals surface area (Å²) in [6.07, 6.45) is -1.87. The first kappa shape index (κ1) is 15.4. The minimum absolute atomic E-state index is 0.156. The van der Waals surface area contributed by atoms with Crippen molar-refractivity contribution in [3.05, 3.63) is 35.9 Å². The van der Waals surface area contributed by atoms with Crippen LogP contribution in [0.3, 0.4) is 0 Å². The van der Waals surface area contributed by atoms with Gasteiger partial charge >= 0.3 is 12.2 Å². The average Bonchev–Trinajstić information content (AvgIpc) is 2.46. The van der Waals surface area contributed by atoms with Gasteiger partial charge in [0.05, 0.1) is 14.2 Å². The highest BCUT2D eigenvalue weighted by atomic mass is 16.5. The van der Waals surface area contributed by atoms with Crippen molar-refractivity contribution in [1.29, 1.82) is 0 Å². The molecule has 0 atom stereocenters. The Labute approximate surface area is 115 Å². The van der Waals surface area contributed by atoms with Crippen LogP contribution in [0.4, 0.5) is 9.59 Å². The van der Waals surface area contributed by atoms with Crippen LogP contribution in [-0.4, -0.2) is 43.0 Å². The summed E-state index contributed by atoms with van der Waals surface area (Å²) in [5.74, 6) is -0.792. The Morgan fingerprint density at radius 3 is 2.10 bits per heavy atom. The number of amidine groups is 1.